The van der Waals surface area contributed by atoms with Crippen LogP contribution in [0.3, 0.4) is 0 Å². The molecule has 0 spiro atoms. The molecule has 0 radical (unpaired) electrons. The molecule has 2 aliphatic rings. The van der Waals surface area contributed by atoms with Crippen molar-refractivity contribution in [3.8, 4) is 5.69 Å². The monoisotopic (exact) mass is 483 g/mol. The smallest absolute Gasteiger partial charge is 0.333 e. The average molecular weight is 484 g/mol. The highest BCUT2D eigenvalue weighted by atomic mass is 19.4. The number of para-hydroxylation sites is 1. The first-order valence-electron chi connectivity index (χ1n) is 11.9. The summed E-state index contributed by atoms with van der Waals surface area (Å²) in [6.07, 6.45) is -1.65. The Bertz CT molecular complexity index is 1180. The number of fused-ring (bicyclic) bond motifs is 1. The first-order chi connectivity index (χ1) is 16.8. The van der Waals surface area contributed by atoms with E-state index in [0.29, 0.717) is 5.82 Å². The molecule has 6 nitrogen and oxygen atoms in total. The van der Waals surface area contributed by atoms with E-state index >= 15 is 0 Å². The molecule has 1 aliphatic heterocycles. The van der Waals surface area contributed by atoms with E-state index in [0.717, 1.165) is 41.8 Å². The van der Waals surface area contributed by atoms with E-state index in [2.05, 4.69) is 10.6 Å². The molecule has 2 aromatic carbocycles. The van der Waals surface area contributed by atoms with Crippen molar-refractivity contribution in [1.29, 1.82) is 0 Å². The fraction of sp³-hybridized carbons (Fsp3) is 0.385. The number of hydrogen-bond acceptors (Lipinski definition) is 3. The number of carbonyl (C=O) groups excluding carboxylic acids is 1. The minimum Gasteiger partial charge on any atom is -0.333 e. The van der Waals surface area contributed by atoms with Gasteiger partial charge in [-0.2, -0.15) is 18.3 Å². The Kier molecular flexibility index (Phi) is 6.27. The summed E-state index contributed by atoms with van der Waals surface area (Å²) >= 11 is 0. The second-order valence-corrected chi connectivity index (χ2v) is 9.30. The summed E-state index contributed by atoms with van der Waals surface area (Å²) in [5.41, 5.74) is 3.73. The number of likely N-dealkylation sites (tertiary alicyclic amines) is 1. The maximum atomic E-state index is 13.3. The van der Waals surface area contributed by atoms with E-state index in [-0.39, 0.29) is 12.5 Å². The van der Waals surface area contributed by atoms with Crippen LogP contribution < -0.4 is 10.6 Å². The molecule has 9 heteroatoms. The van der Waals surface area contributed by atoms with Crippen LogP contribution in [-0.2, 0) is 12.8 Å². The van der Waals surface area contributed by atoms with Gasteiger partial charge in [0.25, 0.3) is 0 Å². The standard InChI is InChI=1S/C26H28F3N5O/c1-17-23(21(18-9-4-2-5-10-18)15-33(17)16-26(27,28)29)30-25(35)31-24-20-13-8-14-22(20)32-34(24)19-11-6-3-7-12-19/h2-7,9-12,17,21,23H,8,13-16H2,1H3,(H2,30,31,35)/t17?,21?,23-/m1/s1. The predicted molar refractivity (Wildman–Crippen MR) is 128 cm³/mol. The molecule has 5 rings (SSSR count). The molecule has 0 saturated carbocycles. The quantitative estimate of drug-likeness (QED) is 0.543. The van der Waals surface area contributed by atoms with Crippen molar-refractivity contribution in [1.82, 2.24) is 20.0 Å². The average Bonchev–Trinajstić information content (AvgIpc) is 3.50. The maximum Gasteiger partial charge on any atom is 0.401 e. The zero-order chi connectivity index (χ0) is 24.6. The van der Waals surface area contributed by atoms with Crippen molar-refractivity contribution >= 4 is 11.8 Å². The van der Waals surface area contributed by atoms with Crippen molar-refractivity contribution in [3.05, 3.63) is 77.5 Å². The van der Waals surface area contributed by atoms with Crippen LogP contribution in [0.15, 0.2) is 60.7 Å². The Morgan fingerprint density at radius 1 is 1.06 bits per heavy atom. The number of halogens is 3. The molecule has 2 amide bonds. The van der Waals surface area contributed by atoms with Crippen LogP contribution in [0.4, 0.5) is 23.8 Å². The topological polar surface area (TPSA) is 62.2 Å². The summed E-state index contributed by atoms with van der Waals surface area (Å²) in [6.45, 7) is 0.949. The van der Waals surface area contributed by atoms with Crippen molar-refractivity contribution in [2.24, 2.45) is 0 Å². The van der Waals surface area contributed by atoms with Gasteiger partial charge in [-0.3, -0.25) is 10.2 Å². The number of aryl methyl sites for hydroxylation is 1. The lowest BCUT2D eigenvalue weighted by molar-refractivity contribution is -0.147. The number of nitrogens with zero attached hydrogens (tertiary/aromatic N) is 3. The van der Waals surface area contributed by atoms with Gasteiger partial charge in [-0.25, -0.2) is 9.48 Å². The Hall–Kier alpha value is -3.33. The number of carbonyl (C=O) groups is 1. The molecule has 3 aromatic rings. The Morgan fingerprint density at radius 3 is 2.43 bits per heavy atom. The molecule has 35 heavy (non-hydrogen) atoms. The number of alkyl halides is 3. The van der Waals surface area contributed by atoms with Crippen LogP contribution in [0, 0.1) is 0 Å². The first kappa shape index (κ1) is 23.4. The molecular weight excluding hydrogens is 455 g/mol. The second-order valence-electron chi connectivity index (χ2n) is 9.30. The third-order valence-corrected chi connectivity index (χ3v) is 7.01. The van der Waals surface area contributed by atoms with Gasteiger partial charge in [0.15, 0.2) is 0 Å². The molecule has 1 fully saturated rings. The van der Waals surface area contributed by atoms with E-state index < -0.39 is 30.8 Å². The molecule has 1 aliphatic carbocycles. The number of aromatic nitrogens is 2. The fourth-order valence-corrected chi connectivity index (χ4v) is 5.34. The molecule has 3 atom stereocenters. The summed E-state index contributed by atoms with van der Waals surface area (Å²) in [5, 5.41) is 10.7. The third kappa shape index (κ3) is 4.91. The summed E-state index contributed by atoms with van der Waals surface area (Å²) in [4.78, 5) is 14.7. The molecule has 2 unspecified atom stereocenters. The first-order valence-corrected chi connectivity index (χ1v) is 11.9. The van der Waals surface area contributed by atoms with Gasteiger partial charge in [-0.15, -0.1) is 0 Å². The van der Waals surface area contributed by atoms with Gasteiger partial charge in [0.2, 0.25) is 0 Å². The van der Waals surface area contributed by atoms with Gasteiger partial charge in [0.05, 0.1) is 24.0 Å². The van der Waals surface area contributed by atoms with Crippen LogP contribution in [-0.4, -0.2) is 52.1 Å². The summed E-state index contributed by atoms with van der Waals surface area (Å²) in [7, 11) is 0. The molecular formula is C26H28F3N5O. The minimum atomic E-state index is -4.31. The SMILES string of the molecule is CC1[C@@H](NC(=O)Nc2c3c(nn2-c2ccccc2)CCC3)C(c2ccccc2)CN1CC(F)(F)F. The molecule has 184 valence electrons. The Labute approximate surface area is 202 Å². The zero-order valence-electron chi connectivity index (χ0n) is 19.4. The zero-order valence-corrected chi connectivity index (χ0v) is 19.4. The van der Waals surface area contributed by atoms with Crippen molar-refractivity contribution in [2.75, 3.05) is 18.4 Å². The lowest BCUT2D eigenvalue weighted by Gasteiger charge is -2.27. The van der Waals surface area contributed by atoms with E-state index in [4.69, 9.17) is 5.10 Å². The second kappa shape index (κ2) is 9.37. The van der Waals surface area contributed by atoms with Crippen LogP contribution in [0.2, 0.25) is 0 Å². The largest absolute Gasteiger partial charge is 0.401 e. The number of benzene rings is 2. The Balaban J connectivity index is 1.40. The van der Waals surface area contributed by atoms with E-state index in [1.54, 1.807) is 11.6 Å². The van der Waals surface area contributed by atoms with Crippen LogP contribution >= 0.6 is 0 Å². The van der Waals surface area contributed by atoms with E-state index in [1.807, 2.05) is 60.7 Å². The van der Waals surface area contributed by atoms with Crippen molar-refractivity contribution in [3.63, 3.8) is 0 Å². The van der Waals surface area contributed by atoms with Gasteiger partial charge in [-0.1, -0.05) is 48.5 Å². The van der Waals surface area contributed by atoms with Gasteiger partial charge >= 0.3 is 12.2 Å². The minimum absolute atomic E-state index is 0.215. The molecule has 2 heterocycles. The normalized spacial score (nSPS) is 22.2. The number of hydrogen-bond donors (Lipinski definition) is 2. The van der Waals surface area contributed by atoms with Crippen LogP contribution in [0.5, 0.6) is 0 Å². The molecule has 1 saturated heterocycles. The van der Waals surface area contributed by atoms with Crippen molar-refractivity contribution < 1.29 is 18.0 Å². The highest BCUT2D eigenvalue weighted by Crippen LogP contribution is 2.35. The fourth-order valence-electron chi connectivity index (χ4n) is 5.34. The lowest BCUT2D eigenvalue weighted by atomic mass is 9.92. The predicted octanol–water partition coefficient (Wildman–Crippen LogP) is 4.90. The van der Waals surface area contributed by atoms with Crippen LogP contribution in [0.25, 0.3) is 5.69 Å². The summed E-state index contributed by atoms with van der Waals surface area (Å²) < 4.78 is 41.4. The maximum absolute atomic E-state index is 13.3. The van der Waals surface area contributed by atoms with Crippen LogP contribution in [0.1, 0.15) is 36.1 Å². The van der Waals surface area contributed by atoms with E-state index in [9.17, 15) is 18.0 Å². The Morgan fingerprint density at radius 2 is 1.74 bits per heavy atom. The highest BCUT2D eigenvalue weighted by molar-refractivity contribution is 5.90. The number of nitrogens with one attached hydrogen (secondary N) is 2. The lowest BCUT2D eigenvalue weighted by Crippen LogP contribution is -2.48. The number of anilines is 1. The van der Waals surface area contributed by atoms with Gasteiger partial charge in [0.1, 0.15) is 5.82 Å². The highest BCUT2D eigenvalue weighted by Gasteiger charge is 2.45. The number of rotatable bonds is 5. The van der Waals surface area contributed by atoms with Gasteiger partial charge in [-0.05, 0) is 43.9 Å². The summed E-state index contributed by atoms with van der Waals surface area (Å²) in [5.74, 6) is 0.360. The number of urea groups is 1. The van der Waals surface area contributed by atoms with Crippen molar-refractivity contribution in [2.45, 2.75) is 50.4 Å². The molecule has 0 bridgehead atoms. The third-order valence-electron chi connectivity index (χ3n) is 7.01. The molecule has 1 aromatic heterocycles. The van der Waals surface area contributed by atoms with E-state index in [1.165, 1.54) is 4.90 Å². The number of amides is 2. The summed E-state index contributed by atoms with van der Waals surface area (Å²) in [6, 6.07) is 17.6. The van der Waals surface area contributed by atoms with Gasteiger partial charge in [0, 0.05) is 24.1 Å². The molecule has 2 N–H and O–H groups in total. The van der Waals surface area contributed by atoms with Gasteiger partial charge < -0.3 is 5.32 Å².